The Balaban J connectivity index is 1.75. The Morgan fingerprint density at radius 2 is 2.10 bits per heavy atom. The van der Waals surface area contributed by atoms with Crippen molar-refractivity contribution in [3.63, 3.8) is 0 Å². The second-order valence-electron chi connectivity index (χ2n) is 6.56. The molecule has 1 N–H and O–H groups in total. The predicted octanol–water partition coefficient (Wildman–Crippen LogP) is 4.04. The van der Waals surface area contributed by atoms with Gasteiger partial charge in [0, 0.05) is 16.8 Å². The number of likely N-dealkylation sites (tertiary alicyclic amines) is 1. The first-order chi connectivity index (χ1) is 10.4. The maximum Gasteiger partial charge on any atom is 0.0405 e. The molecule has 2 heterocycles. The van der Waals surface area contributed by atoms with Crippen molar-refractivity contribution >= 4 is 21.4 Å². The van der Waals surface area contributed by atoms with E-state index in [0.29, 0.717) is 6.04 Å². The second kappa shape index (κ2) is 5.71. The zero-order chi connectivity index (χ0) is 14.2. The number of nitrogens with zero attached hydrogens (tertiary/aromatic N) is 1. The molecule has 0 amide bonds. The third kappa shape index (κ3) is 2.52. The van der Waals surface area contributed by atoms with Gasteiger partial charge in [0.25, 0.3) is 0 Å². The number of thiophene rings is 1. The van der Waals surface area contributed by atoms with Crippen LogP contribution in [0.15, 0.2) is 29.6 Å². The van der Waals surface area contributed by atoms with Crippen LogP contribution >= 0.6 is 11.3 Å². The summed E-state index contributed by atoms with van der Waals surface area (Å²) in [5.74, 6) is 0.752. The molecule has 4 rings (SSSR count). The highest BCUT2D eigenvalue weighted by molar-refractivity contribution is 7.17. The minimum atomic E-state index is 0.620. The molecule has 2 nitrogen and oxygen atoms in total. The number of benzene rings is 1. The summed E-state index contributed by atoms with van der Waals surface area (Å²) in [6, 6.07) is 10.4. The standard InChI is InChI=1S/C18H24N2S/c1-19-11-13-5-4-10-20(14-8-9-14)18(13)16-12-21-17-7-3-2-6-15(16)17/h2-3,6-7,12-14,18-19H,4-5,8-11H2,1H3. The average Bonchev–Trinajstić information content (AvgIpc) is 3.28. The molecule has 3 heteroatoms. The molecule has 2 aromatic rings. The lowest BCUT2D eigenvalue weighted by molar-refractivity contribution is 0.0857. The van der Waals surface area contributed by atoms with Crippen molar-refractivity contribution in [3.8, 4) is 0 Å². The van der Waals surface area contributed by atoms with E-state index in [4.69, 9.17) is 0 Å². The summed E-state index contributed by atoms with van der Waals surface area (Å²) in [6.07, 6.45) is 5.54. The van der Waals surface area contributed by atoms with E-state index in [2.05, 4.69) is 46.9 Å². The number of rotatable bonds is 4. The van der Waals surface area contributed by atoms with Gasteiger partial charge in [0.2, 0.25) is 0 Å². The third-order valence-electron chi connectivity index (χ3n) is 5.11. The first-order valence-electron chi connectivity index (χ1n) is 8.25. The van der Waals surface area contributed by atoms with Crippen molar-refractivity contribution in [1.29, 1.82) is 0 Å². The van der Waals surface area contributed by atoms with E-state index in [-0.39, 0.29) is 0 Å². The van der Waals surface area contributed by atoms with Crippen LogP contribution in [-0.2, 0) is 0 Å². The van der Waals surface area contributed by atoms with Crippen molar-refractivity contribution in [2.75, 3.05) is 20.1 Å². The average molecular weight is 300 g/mol. The zero-order valence-electron chi connectivity index (χ0n) is 12.7. The van der Waals surface area contributed by atoms with Gasteiger partial charge >= 0.3 is 0 Å². The van der Waals surface area contributed by atoms with E-state index in [9.17, 15) is 0 Å². The van der Waals surface area contributed by atoms with Gasteiger partial charge in [-0.1, -0.05) is 18.2 Å². The topological polar surface area (TPSA) is 15.3 Å². The van der Waals surface area contributed by atoms with Gasteiger partial charge in [-0.25, -0.2) is 0 Å². The molecule has 21 heavy (non-hydrogen) atoms. The Hall–Kier alpha value is -0.900. The van der Waals surface area contributed by atoms with Gasteiger partial charge in [0.1, 0.15) is 0 Å². The van der Waals surface area contributed by atoms with Crippen LogP contribution in [-0.4, -0.2) is 31.1 Å². The Kier molecular flexibility index (Phi) is 3.74. The smallest absolute Gasteiger partial charge is 0.0405 e. The zero-order valence-corrected chi connectivity index (χ0v) is 13.5. The van der Waals surface area contributed by atoms with Crippen LogP contribution in [0.3, 0.4) is 0 Å². The van der Waals surface area contributed by atoms with Gasteiger partial charge in [0.15, 0.2) is 0 Å². The maximum atomic E-state index is 3.43. The summed E-state index contributed by atoms with van der Waals surface area (Å²) >= 11 is 1.91. The van der Waals surface area contributed by atoms with Gasteiger partial charge in [-0.2, -0.15) is 0 Å². The monoisotopic (exact) mass is 300 g/mol. The molecule has 1 aromatic heterocycles. The van der Waals surface area contributed by atoms with Gasteiger partial charge in [-0.05, 0) is 74.1 Å². The predicted molar refractivity (Wildman–Crippen MR) is 90.9 cm³/mol. The van der Waals surface area contributed by atoms with E-state index < -0.39 is 0 Å². The van der Waals surface area contributed by atoms with Crippen molar-refractivity contribution in [3.05, 3.63) is 35.2 Å². The van der Waals surface area contributed by atoms with E-state index in [1.165, 1.54) is 42.3 Å². The lowest BCUT2D eigenvalue weighted by Gasteiger charge is -2.42. The summed E-state index contributed by atoms with van der Waals surface area (Å²) in [5, 5.41) is 7.35. The Morgan fingerprint density at radius 3 is 2.90 bits per heavy atom. The van der Waals surface area contributed by atoms with E-state index in [1.54, 1.807) is 5.56 Å². The summed E-state index contributed by atoms with van der Waals surface area (Å²) in [4.78, 5) is 2.82. The Bertz CT molecular complexity index is 614. The van der Waals surface area contributed by atoms with Crippen molar-refractivity contribution in [2.24, 2.45) is 5.92 Å². The molecular weight excluding hydrogens is 276 g/mol. The molecular formula is C18H24N2S. The van der Waals surface area contributed by atoms with Crippen molar-refractivity contribution in [2.45, 2.75) is 37.8 Å². The number of piperidine rings is 1. The normalized spacial score (nSPS) is 27.3. The number of hydrogen-bond donors (Lipinski definition) is 1. The van der Waals surface area contributed by atoms with E-state index >= 15 is 0 Å². The maximum absolute atomic E-state index is 3.43. The lowest BCUT2D eigenvalue weighted by atomic mass is 9.84. The van der Waals surface area contributed by atoms with Crippen molar-refractivity contribution in [1.82, 2.24) is 10.2 Å². The number of nitrogens with one attached hydrogen (secondary N) is 1. The first kappa shape index (κ1) is 13.7. The molecule has 2 atom stereocenters. The lowest BCUT2D eigenvalue weighted by Crippen LogP contribution is -2.43. The molecule has 2 aliphatic rings. The molecule has 1 aliphatic heterocycles. The van der Waals surface area contributed by atoms with Crippen LogP contribution in [0.25, 0.3) is 10.1 Å². The van der Waals surface area contributed by atoms with Crippen LogP contribution in [0, 0.1) is 5.92 Å². The highest BCUT2D eigenvalue weighted by Crippen LogP contribution is 2.45. The van der Waals surface area contributed by atoms with Crippen LogP contribution in [0.1, 0.15) is 37.3 Å². The third-order valence-corrected chi connectivity index (χ3v) is 6.09. The van der Waals surface area contributed by atoms with Gasteiger partial charge in [-0.3, -0.25) is 4.90 Å². The fourth-order valence-corrected chi connectivity index (χ4v) is 5.05. The van der Waals surface area contributed by atoms with Gasteiger partial charge in [-0.15, -0.1) is 11.3 Å². The summed E-state index contributed by atoms with van der Waals surface area (Å²) < 4.78 is 1.44. The van der Waals surface area contributed by atoms with Gasteiger partial charge < -0.3 is 5.32 Å². The molecule has 2 unspecified atom stereocenters. The Labute approximate surface area is 131 Å². The number of hydrogen-bond acceptors (Lipinski definition) is 3. The fourth-order valence-electron chi connectivity index (χ4n) is 4.06. The summed E-state index contributed by atoms with van der Waals surface area (Å²) in [7, 11) is 2.10. The molecule has 0 radical (unpaired) electrons. The first-order valence-corrected chi connectivity index (χ1v) is 9.13. The largest absolute Gasteiger partial charge is 0.319 e. The molecule has 112 valence electrons. The minimum Gasteiger partial charge on any atom is -0.319 e. The quantitative estimate of drug-likeness (QED) is 0.917. The Morgan fingerprint density at radius 1 is 1.24 bits per heavy atom. The molecule has 1 saturated carbocycles. The molecule has 1 aromatic carbocycles. The fraction of sp³-hybridized carbons (Fsp3) is 0.556. The molecule has 0 bridgehead atoms. The van der Waals surface area contributed by atoms with Crippen LogP contribution in [0.2, 0.25) is 0 Å². The highest BCUT2D eigenvalue weighted by Gasteiger charge is 2.40. The molecule has 0 spiro atoms. The van der Waals surface area contributed by atoms with Crippen LogP contribution < -0.4 is 5.32 Å². The van der Waals surface area contributed by atoms with E-state index in [0.717, 1.165) is 18.5 Å². The summed E-state index contributed by atoms with van der Waals surface area (Å²) in [6.45, 7) is 2.43. The van der Waals surface area contributed by atoms with Gasteiger partial charge in [0.05, 0.1) is 0 Å². The molecule has 1 saturated heterocycles. The van der Waals surface area contributed by atoms with Crippen molar-refractivity contribution < 1.29 is 0 Å². The SMILES string of the molecule is CNCC1CCCN(C2CC2)C1c1csc2ccccc12. The summed E-state index contributed by atoms with van der Waals surface area (Å²) in [5.41, 5.74) is 1.59. The van der Waals surface area contributed by atoms with Crippen LogP contribution in [0.4, 0.5) is 0 Å². The van der Waals surface area contributed by atoms with Crippen LogP contribution in [0.5, 0.6) is 0 Å². The number of fused-ring (bicyclic) bond motifs is 1. The molecule has 2 fully saturated rings. The minimum absolute atomic E-state index is 0.620. The van der Waals surface area contributed by atoms with E-state index in [1.807, 2.05) is 11.3 Å². The highest BCUT2D eigenvalue weighted by atomic mass is 32.1. The second-order valence-corrected chi connectivity index (χ2v) is 7.47. The molecule has 1 aliphatic carbocycles.